The summed E-state index contributed by atoms with van der Waals surface area (Å²) in [6.07, 6.45) is -0.480. The van der Waals surface area contributed by atoms with Crippen LogP contribution in [0.25, 0.3) is 0 Å². The molecule has 2 saturated heterocycles. The molecule has 21 heavy (non-hydrogen) atoms. The zero-order chi connectivity index (χ0) is 15.4. The average molecular weight is 294 g/mol. The Morgan fingerprint density at radius 3 is 2.81 bits per heavy atom. The Hall–Kier alpha value is -1.69. The highest BCUT2D eigenvalue weighted by atomic mass is 16.6. The van der Waals surface area contributed by atoms with Crippen molar-refractivity contribution in [2.45, 2.75) is 44.5 Å². The minimum atomic E-state index is -0.925. The van der Waals surface area contributed by atoms with Crippen molar-refractivity contribution in [3.63, 3.8) is 0 Å². The van der Waals surface area contributed by atoms with E-state index in [2.05, 4.69) is 6.58 Å². The van der Waals surface area contributed by atoms with Crippen molar-refractivity contribution in [3.05, 3.63) is 12.2 Å². The lowest BCUT2D eigenvalue weighted by Gasteiger charge is -2.31. The molecular formula is C15H18O6. The number of ketones is 1. The number of Topliss-reactive ketones (excluding diaryl/α,β-unsaturated/α-hetero) is 1. The molecule has 0 aromatic heterocycles. The van der Waals surface area contributed by atoms with Gasteiger partial charge >= 0.3 is 11.9 Å². The van der Waals surface area contributed by atoms with Crippen LogP contribution < -0.4 is 0 Å². The maximum Gasteiger partial charge on any atom is 0.333 e. The molecule has 0 radical (unpaired) electrons. The molecule has 5 unspecified atom stereocenters. The van der Waals surface area contributed by atoms with Crippen molar-refractivity contribution in [1.29, 1.82) is 0 Å². The Labute approximate surface area is 122 Å². The molecule has 6 nitrogen and oxygen atoms in total. The van der Waals surface area contributed by atoms with E-state index in [0.29, 0.717) is 6.42 Å². The monoisotopic (exact) mass is 294 g/mol. The van der Waals surface area contributed by atoms with Crippen LogP contribution in [-0.4, -0.2) is 42.1 Å². The van der Waals surface area contributed by atoms with Crippen molar-refractivity contribution in [3.8, 4) is 0 Å². The van der Waals surface area contributed by atoms with Crippen LogP contribution in [0.15, 0.2) is 12.2 Å². The number of hydrogen-bond donors (Lipinski definition) is 0. The van der Waals surface area contributed by atoms with E-state index in [-0.39, 0.29) is 24.4 Å². The molecule has 1 aliphatic carbocycles. The summed E-state index contributed by atoms with van der Waals surface area (Å²) in [6.45, 7) is 7.10. The van der Waals surface area contributed by atoms with E-state index < -0.39 is 41.6 Å². The molecule has 0 N–H and O–H groups in total. The second-order valence-electron chi connectivity index (χ2n) is 5.98. The number of hydrogen-bond acceptors (Lipinski definition) is 6. The highest BCUT2D eigenvalue weighted by Gasteiger charge is 2.72. The topological polar surface area (TPSA) is 78.9 Å². The first-order chi connectivity index (χ1) is 9.89. The Morgan fingerprint density at radius 1 is 1.48 bits per heavy atom. The van der Waals surface area contributed by atoms with Crippen LogP contribution in [0, 0.1) is 11.8 Å². The van der Waals surface area contributed by atoms with Crippen LogP contribution in [0.1, 0.15) is 26.7 Å². The summed E-state index contributed by atoms with van der Waals surface area (Å²) in [5, 5.41) is 0. The molecule has 114 valence electrons. The Bertz CT molecular complexity index is 538. The number of ether oxygens (including phenoxy) is 3. The van der Waals surface area contributed by atoms with Gasteiger partial charge in [-0.05, 0) is 13.8 Å². The minimum Gasteiger partial charge on any atom is -0.466 e. The molecule has 0 amide bonds. The lowest BCUT2D eigenvalue weighted by atomic mass is 9.77. The quantitative estimate of drug-likeness (QED) is 0.563. The largest absolute Gasteiger partial charge is 0.466 e. The Kier molecular flexibility index (Phi) is 3.16. The van der Waals surface area contributed by atoms with Gasteiger partial charge in [-0.3, -0.25) is 9.59 Å². The van der Waals surface area contributed by atoms with Gasteiger partial charge in [0, 0.05) is 18.4 Å². The molecule has 0 aromatic carbocycles. The molecule has 0 spiro atoms. The SMILES string of the molecule is C=C(C)C(=O)OC12CC(=O)C3C(C(=O)OCC)C(C1)OC32. The number of fused-ring (bicyclic) bond motifs is 1. The highest BCUT2D eigenvalue weighted by Crippen LogP contribution is 2.58. The predicted octanol–water partition coefficient (Wildman–Crippen LogP) is 0.784. The molecule has 2 aliphatic heterocycles. The normalized spacial score (nSPS) is 39.4. The number of esters is 2. The highest BCUT2D eigenvalue weighted by molar-refractivity contribution is 5.94. The summed E-state index contributed by atoms with van der Waals surface area (Å²) in [4.78, 5) is 36.1. The summed E-state index contributed by atoms with van der Waals surface area (Å²) >= 11 is 0. The lowest BCUT2D eigenvalue weighted by Crippen LogP contribution is -2.46. The van der Waals surface area contributed by atoms with Gasteiger partial charge in [0.05, 0.1) is 24.5 Å². The second kappa shape index (κ2) is 4.66. The summed E-state index contributed by atoms with van der Waals surface area (Å²) in [5.74, 6) is -2.13. The van der Waals surface area contributed by atoms with E-state index in [0.717, 1.165) is 0 Å². The van der Waals surface area contributed by atoms with E-state index >= 15 is 0 Å². The van der Waals surface area contributed by atoms with E-state index in [9.17, 15) is 14.4 Å². The van der Waals surface area contributed by atoms with Crippen LogP contribution in [0.5, 0.6) is 0 Å². The fraction of sp³-hybridized carbons (Fsp3) is 0.667. The van der Waals surface area contributed by atoms with Gasteiger partial charge in [-0.2, -0.15) is 0 Å². The average Bonchev–Trinajstić information content (AvgIpc) is 2.96. The van der Waals surface area contributed by atoms with Crippen LogP contribution in [0.2, 0.25) is 0 Å². The fourth-order valence-corrected chi connectivity index (χ4v) is 3.76. The number of rotatable bonds is 4. The minimum absolute atomic E-state index is 0.0902. The van der Waals surface area contributed by atoms with Gasteiger partial charge in [0.1, 0.15) is 17.5 Å². The van der Waals surface area contributed by atoms with Gasteiger partial charge in [0.2, 0.25) is 0 Å². The maximum atomic E-state index is 12.3. The van der Waals surface area contributed by atoms with Crippen LogP contribution >= 0.6 is 0 Å². The third-order valence-corrected chi connectivity index (χ3v) is 4.55. The Morgan fingerprint density at radius 2 is 2.19 bits per heavy atom. The van der Waals surface area contributed by atoms with Gasteiger partial charge in [0.15, 0.2) is 0 Å². The van der Waals surface area contributed by atoms with Gasteiger partial charge in [-0.25, -0.2) is 4.79 Å². The zero-order valence-corrected chi connectivity index (χ0v) is 12.1. The van der Waals surface area contributed by atoms with Crippen LogP contribution in [-0.2, 0) is 28.6 Å². The van der Waals surface area contributed by atoms with E-state index in [4.69, 9.17) is 14.2 Å². The summed E-state index contributed by atoms with van der Waals surface area (Å²) in [6, 6.07) is 0. The van der Waals surface area contributed by atoms with Gasteiger partial charge in [-0.15, -0.1) is 0 Å². The van der Waals surface area contributed by atoms with Crippen molar-refractivity contribution in [1.82, 2.24) is 0 Å². The summed E-state index contributed by atoms with van der Waals surface area (Å²) in [5.41, 5.74) is -0.643. The molecule has 2 bridgehead atoms. The van der Waals surface area contributed by atoms with E-state index in [1.807, 2.05) is 0 Å². The fourth-order valence-electron chi connectivity index (χ4n) is 3.76. The number of carbonyl (C=O) groups excluding carboxylic acids is 3. The third kappa shape index (κ3) is 1.92. The molecule has 0 aromatic rings. The van der Waals surface area contributed by atoms with Crippen molar-refractivity contribution >= 4 is 17.7 Å². The first kappa shape index (κ1) is 14.3. The zero-order valence-electron chi connectivity index (χ0n) is 12.1. The van der Waals surface area contributed by atoms with Crippen molar-refractivity contribution < 1.29 is 28.6 Å². The third-order valence-electron chi connectivity index (χ3n) is 4.55. The van der Waals surface area contributed by atoms with Crippen molar-refractivity contribution in [2.75, 3.05) is 6.61 Å². The molecule has 2 heterocycles. The van der Waals surface area contributed by atoms with Gasteiger partial charge in [0.25, 0.3) is 0 Å². The molecule has 3 aliphatic rings. The molecule has 3 rings (SSSR count). The van der Waals surface area contributed by atoms with E-state index in [1.165, 1.54) is 0 Å². The van der Waals surface area contributed by atoms with Crippen molar-refractivity contribution in [2.24, 2.45) is 11.8 Å². The molecule has 6 heteroatoms. The smallest absolute Gasteiger partial charge is 0.333 e. The molecule has 3 fully saturated rings. The van der Waals surface area contributed by atoms with Gasteiger partial charge in [-0.1, -0.05) is 6.58 Å². The predicted molar refractivity (Wildman–Crippen MR) is 70.2 cm³/mol. The molecule has 1 saturated carbocycles. The van der Waals surface area contributed by atoms with E-state index in [1.54, 1.807) is 13.8 Å². The van der Waals surface area contributed by atoms with Crippen LogP contribution in [0.4, 0.5) is 0 Å². The lowest BCUT2D eigenvalue weighted by molar-refractivity contribution is -0.159. The summed E-state index contributed by atoms with van der Waals surface area (Å²) < 4.78 is 16.3. The molecular weight excluding hydrogens is 276 g/mol. The Balaban J connectivity index is 1.84. The second-order valence-corrected chi connectivity index (χ2v) is 5.98. The van der Waals surface area contributed by atoms with Crippen LogP contribution in [0.3, 0.4) is 0 Å². The summed E-state index contributed by atoms with van der Waals surface area (Å²) in [7, 11) is 0. The first-order valence-corrected chi connectivity index (χ1v) is 7.13. The standard InChI is InChI=1S/C15H18O6/c1-4-19-14(18)11-9-6-15(21-13(17)7(2)3)5-8(16)10(11)12(15)20-9/h9-12H,2,4-6H2,1,3H3. The number of carbonyl (C=O) groups is 3. The molecule has 5 atom stereocenters. The maximum absolute atomic E-state index is 12.3. The van der Waals surface area contributed by atoms with Gasteiger partial charge < -0.3 is 14.2 Å². The first-order valence-electron chi connectivity index (χ1n) is 7.13.